The van der Waals surface area contributed by atoms with Crippen LogP contribution >= 0.6 is 27.5 Å². The molecule has 1 aromatic heterocycles. The summed E-state index contributed by atoms with van der Waals surface area (Å²) >= 11 is 8.68. The van der Waals surface area contributed by atoms with Crippen LogP contribution in [0.3, 0.4) is 0 Å². The van der Waals surface area contributed by atoms with Crippen LogP contribution in [0.25, 0.3) is 0 Å². The number of pyridine rings is 1. The largest absolute Gasteiger partial charge is 0.417 e. The molecule has 2 rings (SSSR count). The standard InChI is InChI=1S/C15H10BrClF3N3O2/c16-13(21)12-10(4-7(6-24)5-22-12)23-14(25)11-8(15(18,19)20)2-1-3-9(11)17/h1-5,21,24H,6H2,(H,23,25). The van der Waals surface area contributed by atoms with Gasteiger partial charge in [0.15, 0.2) is 0 Å². The van der Waals surface area contributed by atoms with E-state index in [4.69, 9.17) is 22.1 Å². The van der Waals surface area contributed by atoms with Crippen LogP contribution in [0, 0.1) is 5.41 Å². The number of alkyl halides is 3. The first-order valence-corrected chi connectivity index (χ1v) is 7.83. The molecule has 1 aromatic carbocycles. The molecule has 1 heterocycles. The topological polar surface area (TPSA) is 86.1 Å². The number of hydrogen-bond donors (Lipinski definition) is 3. The van der Waals surface area contributed by atoms with Gasteiger partial charge in [0.25, 0.3) is 5.91 Å². The van der Waals surface area contributed by atoms with Crippen molar-refractivity contribution in [2.45, 2.75) is 12.8 Å². The Kier molecular flexibility index (Phi) is 5.81. The molecule has 0 radical (unpaired) electrons. The lowest BCUT2D eigenvalue weighted by Crippen LogP contribution is -2.20. The van der Waals surface area contributed by atoms with E-state index in [9.17, 15) is 18.0 Å². The van der Waals surface area contributed by atoms with Crippen molar-refractivity contribution < 1.29 is 23.1 Å². The van der Waals surface area contributed by atoms with Crippen LogP contribution in [0.1, 0.15) is 27.2 Å². The SMILES string of the molecule is N=C(Br)c1ncc(CO)cc1NC(=O)c1c(Cl)cccc1C(F)(F)F. The second kappa shape index (κ2) is 7.51. The molecule has 0 saturated heterocycles. The highest BCUT2D eigenvalue weighted by Gasteiger charge is 2.36. The van der Waals surface area contributed by atoms with Crippen molar-refractivity contribution in [3.63, 3.8) is 0 Å². The average Bonchev–Trinajstić information content (AvgIpc) is 2.53. The van der Waals surface area contributed by atoms with E-state index in [1.54, 1.807) is 0 Å². The second-order valence-corrected chi connectivity index (χ2v) is 6.03. The number of rotatable bonds is 4. The van der Waals surface area contributed by atoms with E-state index in [1.807, 2.05) is 0 Å². The number of anilines is 1. The number of nitrogens with zero attached hydrogens (tertiary/aromatic N) is 1. The maximum atomic E-state index is 13.1. The highest BCUT2D eigenvalue weighted by Crippen LogP contribution is 2.35. The van der Waals surface area contributed by atoms with Gasteiger partial charge < -0.3 is 10.4 Å². The predicted octanol–water partition coefficient (Wildman–Crippen LogP) is 4.22. The highest BCUT2D eigenvalue weighted by atomic mass is 79.9. The Morgan fingerprint density at radius 3 is 2.64 bits per heavy atom. The van der Waals surface area contributed by atoms with Crippen molar-refractivity contribution >= 4 is 43.7 Å². The van der Waals surface area contributed by atoms with Gasteiger partial charge in [0.1, 0.15) is 10.3 Å². The number of aromatic nitrogens is 1. The van der Waals surface area contributed by atoms with Gasteiger partial charge in [-0.15, -0.1) is 0 Å². The van der Waals surface area contributed by atoms with E-state index in [-0.39, 0.29) is 21.0 Å². The maximum Gasteiger partial charge on any atom is 0.417 e. The number of halogens is 5. The van der Waals surface area contributed by atoms with E-state index in [2.05, 4.69) is 26.2 Å². The molecular weight excluding hydrogens is 427 g/mol. The van der Waals surface area contributed by atoms with Gasteiger partial charge in [0, 0.05) is 6.20 Å². The molecule has 5 nitrogen and oxygen atoms in total. The molecule has 0 fully saturated rings. The van der Waals surface area contributed by atoms with Gasteiger partial charge in [-0.2, -0.15) is 13.2 Å². The summed E-state index contributed by atoms with van der Waals surface area (Å²) in [7, 11) is 0. The van der Waals surface area contributed by atoms with Crippen LogP contribution in [0.5, 0.6) is 0 Å². The first-order chi connectivity index (χ1) is 11.6. The number of benzene rings is 1. The fourth-order valence-electron chi connectivity index (χ4n) is 2.04. The summed E-state index contributed by atoms with van der Waals surface area (Å²) in [6.45, 7) is -0.397. The van der Waals surface area contributed by atoms with Crippen LogP contribution in [0.4, 0.5) is 18.9 Å². The molecule has 132 valence electrons. The Hall–Kier alpha value is -1.97. The summed E-state index contributed by atoms with van der Waals surface area (Å²) in [5.41, 5.74) is -1.65. The number of aliphatic hydroxyl groups is 1. The lowest BCUT2D eigenvalue weighted by Gasteiger charge is -2.15. The highest BCUT2D eigenvalue weighted by molar-refractivity contribution is 9.18. The predicted molar refractivity (Wildman–Crippen MR) is 90.3 cm³/mol. The lowest BCUT2D eigenvalue weighted by atomic mass is 10.1. The monoisotopic (exact) mass is 435 g/mol. The molecule has 0 atom stereocenters. The zero-order valence-electron chi connectivity index (χ0n) is 12.3. The minimum Gasteiger partial charge on any atom is -0.392 e. The molecule has 1 amide bonds. The third kappa shape index (κ3) is 4.36. The number of hydrogen-bond acceptors (Lipinski definition) is 4. The third-order valence-corrected chi connectivity index (χ3v) is 3.82. The number of carbonyl (C=O) groups excluding carboxylic acids is 1. The lowest BCUT2D eigenvalue weighted by molar-refractivity contribution is -0.137. The summed E-state index contributed by atoms with van der Waals surface area (Å²) in [6.07, 6.45) is -3.49. The molecule has 0 unspecified atom stereocenters. The molecule has 0 bridgehead atoms. The van der Waals surface area contributed by atoms with Gasteiger partial charge in [0.05, 0.1) is 28.4 Å². The number of amides is 1. The van der Waals surface area contributed by atoms with E-state index < -0.39 is 29.8 Å². The fraction of sp³-hybridized carbons (Fsp3) is 0.133. The summed E-state index contributed by atoms with van der Waals surface area (Å²) in [5.74, 6) is -1.11. The number of nitrogens with one attached hydrogen (secondary N) is 2. The van der Waals surface area contributed by atoms with Gasteiger partial charge in [-0.1, -0.05) is 17.7 Å². The average molecular weight is 437 g/mol. The molecule has 0 saturated carbocycles. The summed E-state index contributed by atoms with van der Waals surface area (Å²) in [5, 5.41) is 18.6. The zero-order chi connectivity index (χ0) is 18.8. The van der Waals surface area contributed by atoms with Crippen LogP contribution in [0.2, 0.25) is 5.02 Å². The van der Waals surface area contributed by atoms with Crippen molar-refractivity contribution in [1.82, 2.24) is 4.98 Å². The Morgan fingerprint density at radius 1 is 1.40 bits per heavy atom. The maximum absolute atomic E-state index is 13.1. The smallest absolute Gasteiger partial charge is 0.392 e. The minimum atomic E-state index is -4.77. The quantitative estimate of drug-likeness (QED) is 0.627. The van der Waals surface area contributed by atoms with Gasteiger partial charge in [-0.25, -0.2) is 0 Å². The molecule has 10 heteroatoms. The Morgan fingerprint density at radius 2 is 2.08 bits per heavy atom. The molecular formula is C15H10BrClF3N3O2. The van der Waals surface area contributed by atoms with Gasteiger partial charge in [-0.05, 0) is 39.7 Å². The molecule has 3 N–H and O–H groups in total. The molecule has 25 heavy (non-hydrogen) atoms. The normalized spacial score (nSPS) is 11.3. The number of aliphatic hydroxyl groups excluding tert-OH is 1. The van der Waals surface area contributed by atoms with Crippen LogP contribution in [0.15, 0.2) is 30.5 Å². The van der Waals surface area contributed by atoms with Crippen molar-refractivity contribution in [3.05, 3.63) is 57.9 Å². The van der Waals surface area contributed by atoms with E-state index in [0.29, 0.717) is 5.56 Å². The Balaban J connectivity index is 2.50. The van der Waals surface area contributed by atoms with Crippen LogP contribution < -0.4 is 5.32 Å². The van der Waals surface area contributed by atoms with E-state index in [0.717, 1.165) is 12.1 Å². The molecule has 0 aliphatic rings. The summed E-state index contributed by atoms with van der Waals surface area (Å²) in [6, 6.07) is 4.31. The van der Waals surface area contributed by atoms with Crippen molar-refractivity contribution in [2.75, 3.05) is 5.32 Å². The van der Waals surface area contributed by atoms with E-state index in [1.165, 1.54) is 18.3 Å². The minimum absolute atomic E-state index is 0.00818. The number of carbonyl (C=O) groups is 1. The van der Waals surface area contributed by atoms with Gasteiger partial charge >= 0.3 is 6.18 Å². The van der Waals surface area contributed by atoms with Crippen LogP contribution in [-0.2, 0) is 12.8 Å². The first-order valence-electron chi connectivity index (χ1n) is 6.66. The van der Waals surface area contributed by atoms with Crippen molar-refractivity contribution in [1.29, 1.82) is 5.41 Å². The van der Waals surface area contributed by atoms with Gasteiger partial charge in [0.2, 0.25) is 0 Å². The molecule has 0 aliphatic heterocycles. The first kappa shape index (κ1) is 19.4. The van der Waals surface area contributed by atoms with E-state index >= 15 is 0 Å². The Bertz CT molecular complexity index is 843. The summed E-state index contributed by atoms with van der Waals surface area (Å²) in [4.78, 5) is 16.3. The molecule has 0 spiro atoms. The molecule has 0 aliphatic carbocycles. The van der Waals surface area contributed by atoms with Gasteiger partial charge in [-0.3, -0.25) is 15.2 Å². The zero-order valence-corrected chi connectivity index (χ0v) is 14.6. The summed E-state index contributed by atoms with van der Waals surface area (Å²) < 4.78 is 39.2. The Labute approximate surface area is 153 Å². The van der Waals surface area contributed by atoms with Crippen molar-refractivity contribution in [3.8, 4) is 0 Å². The molecule has 2 aromatic rings. The fourth-order valence-corrected chi connectivity index (χ4v) is 2.62. The third-order valence-electron chi connectivity index (χ3n) is 3.13. The second-order valence-electron chi connectivity index (χ2n) is 4.83. The van der Waals surface area contributed by atoms with Crippen molar-refractivity contribution in [2.24, 2.45) is 0 Å². The van der Waals surface area contributed by atoms with Crippen LogP contribution in [-0.4, -0.2) is 20.6 Å².